The molecule has 0 radical (unpaired) electrons. The van der Waals surface area contributed by atoms with Gasteiger partial charge in [-0.1, -0.05) is 24.8 Å². The van der Waals surface area contributed by atoms with Gasteiger partial charge in [0.25, 0.3) is 5.91 Å². The number of aromatic hydroxyl groups is 1. The number of carbonyl (C=O) groups is 2. The second kappa shape index (κ2) is 7.49. The molecule has 2 N–H and O–H groups in total. The summed E-state index contributed by atoms with van der Waals surface area (Å²) < 4.78 is 4.87. The van der Waals surface area contributed by atoms with Gasteiger partial charge in [-0.3, -0.25) is 4.79 Å². The van der Waals surface area contributed by atoms with Crippen LogP contribution in [0.25, 0.3) is 0 Å². The highest BCUT2D eigenvalue weighted by molar-refractivity contribution is 5.96. The normalized spacial score (nSPS) is 15.2. The minimum absolute atomic E-state index is 0.00858. The standard InChI is InChI=1S/C16H20N2O4/c1-2-11-22-16(21)17-12-7-9-18(10-8-12)15(20)13-5-3-4-6-14(13)19/h2-6,12,19H,1,7-11H2,(H,17,21). The average Bonchev–Trinajstić information content (AvgIpc) is 2.53. The van der Waals surface area contributed by atoms with Crippen LogP contribution < -0.4 is 5.32 Å². The van der Waals surface area contributed by atoms with Crippen molar-refractivity contribution in [1.82, 2.24) is 10.2 Å². The number of phenols is 1. The van der Waals surface area contributed by atoms with Crippen molar-refractivity contribution in [2.45, 2.75) is 18.9 Å². The lowest BCUT2D eigenvalue weighted by atomic mass is 10.0. The number of amides is 2. The van der Waals surface area contributed by atoms with Crippen LogP contribution in [0.5, 0.6) is 5.75 Å². The fourth-order valence-electron chi connectivity index (χ4n) is 2.39. The molecule has 2 amide bonds. The zero-order valence-electron chi connectivity index (χ0n) is 12.3. The number of likely N-dealkylation sites (tertiary alicyclic amines) is 1. The molecule has 0 aromatic heterocycles. The predicted molar refractivity (Wildman–Crippen MR) is 81.7 cm³/mol. The van der Waals surface area contributed by atoms with Gasteiger partial charge in [0.05, 0.1) is 5.56 Å². The lowest BCUT2D eigenvalue weighted by Crippen LogP contribution is -2.46. The topological polar surface area (TPSA) is 78.9 Å². The maximum atomic E-state index is 12.3. The third-order valence-electron chi connectivity index (χ3n) is 3.57. The molecule has 0 unspecified atom stereocenters. The number of para-hydroxylation sites is 1. The Morgan fingerprint density at radius 1 is 1.36 bits per heavy atom. The maximum Gasteiger partial charge on any atom is 0.407 e. The Balaban J connectivity index is 1.84. The Morgan fingerprint density at radius 3 is 2.68 bits per heavy atom. The molecule has 1 fully saturated rings. The largest absolute Gasteiger partial charge is 0.507 e. The highest BCUT2D eigenvalue weighted by Crippen LogP contribution is 2.20. The van der Waals surface area contributed by atoms with E-state index in [-0.39, 0.29) is 24.3 Å². The first-order valence-electron chi connectivity index (χ1n) is 7.23. The Morgan fingerprint density at radius 2 is 2.05 bits per heavy atom. The Bertz CT molecular complexity index is 551. The van der Waals surface area contributed by atoms with Crippen LogP contribution in [0.15, 0.2) is 36.9 Å². The van der Waals surface area contributed by atoms with Gasteiger partial charge < -0.3 is 20.1 Å². The van der Waals surface area contributed by atoms with Crippen LogP contribution in [0.1, 0.15) is 23.2 Å². The van der Waals surface area contributed by atoms with E-state index in [9.17, 15) is 14.7 Å². The van der Waals surface area contributed by atoms with Crippen molar-refractivity contribution in [2.75, 3.05) is 19.7 Å². The number of carbonyl (C=O) groups excluding carboxylic acids is 2. The first kappa shape index (κ1) is 15.9. The average molecular weight is 304 g/mol. The molecule has 0 atom stereocenters. The van der Waals surface area contributed by atoms with Crippen molar-refractivity contribution in [3.05, 3.63) is 42.5 Å². The molecular formula is C16H20N2O4. The summed E-state index contributed by atoms with van der Waals surface area (Å²) in [6.07, 6.45) is 2.35. The van der Waals surface area contributed by atoms with Crippen molar-refractivity contribution in [1.29, 1.82) is 0 Å². The molecule has 1 saturated heterocycles. The number of rotatable bonds is 4. The van der Waals surface area contributed by atoms with Gasteiger partial charge in [0, 0.05) is 19.1 Å². The van der Waals surface area contributed by atoms with Crippen molar-refractivity contribution < 1.29 is 19.4 Å². The number of piperidine rings is 1. The summed E-state index contributed by atoms with van der Waals surface area (Å²) in [6, 6.07) is 6.49. The molecular weight excluding hydrogens is 284 g/mol. The molecule has 1 aliphatic heterocycles. The molecule has 0 aliphatic carbocycles. The van der Waals surface area contributed by atoms with Gasteiger partial charge in [-0.15, -0.1) is 0 Å². The molecule has 1 aliphatic rings. The van der Waals surface area contributed by atoms with Gasteiger partial charge in [-0.2, -0.15) is 0 Å². The summed E-state index contributed by atoms with van der Waals surface area (Å²) in [5.74, 6) is -0.202. The number of nitrogens with zero attached hydrogens (tertiary/aromatic N) is 1. The number of hydrogen-bond acceptors (Lipinski definition) is 4. The molecule has 6 nitrogen and oxygen atoms in total. The van der Waals surface area contributed by atoms with Crippen LogP contribution in [-0.4, -0.2) is 47.7 Å². The minimum Gasteiger partial charge on any atom is -0.507 e. The van der Waals surface area contributed by atoms with Gasteiger partial charge in [0.2, 0.25) is 0 Å². The monoisotopic (exact) mass is 304 g/mol. The van der Waals surface area contributed by atoms with E-state index in [1.54, 1.807) is 23.1 Å². The van der Waals surface area contributed by atoms with E-state index in [1.807, 2.05) is 0 Å². The molecule has 6 heteroatoms. The van der Waals surface area contributed by atoms with Gasteiger partial charge in [0.15, 0.2) is 0 Å². The van der Waals surface area contributed by atoms with E-state index < -0.39 is 6.09 Å². The molecule has 0 spiro atoms. The van der Waals surface area contributed by atoms with Crippen molar-refractivity contribution in [3.8, 4) is 5.75 Å². The van der Waals surface area contributed by atoms with Crippen LogP contribution >= 0.6 is 0 Å². The fraction of sp³-hybridized carbons (Fsp3) is 0.375. The first-order valence-corrected chi connectivity index (χ1v) is 7.23. The van der Waals surface area contributed by atoms with E-state index in [4.69, 9.17) is 4.74 Å². The third-order valence-corrected chi connectivity index (χ3v) is 3.57. The SMILES string of the molecule is C=CCOC(=O)NC1CCN(C(=O)c2ccccc2O)CC1. The van der Waals surface area contributed by atoms with Crippen molar-refractivity contribution in [2.24, 2.45) is 0 Å². The van der Waals surface area contributed by atoms with E-state index in [2.05, 4.69) is 11.9 Å². The molecule has 118 valence electrons. The number of nitrogens with one attached hydrogen (secondary N) is 1. The van der Waals surface area contributed by atoms with Crippen LogP contribution in [-0.2, 0) is 4.74 Å². The Labute approximate surface area is 129 Å². The summed E-state index contributed by atoms with van der Waals surface area (Å²) in [7, 11) is 0. The second-order valence-corrected chi connectivity index (χ2v) is 5.12. The number of ether oxygens (including phenoxy) is 1. The summed E-state index contributed by atoms with van der Waals surface area (Å²) in [6.45, 7) is 4.71. The van der Waals surface area contributed by atoms with Crippen LogP contribution in [0, 0.1) is 0 Å². The van der Waals surface area contributed by atoms with E-state index in [0.717, 1.165) is 0 Å². The minimum atomic E-state index is -0.467. The molecule has 2 rings (SSSR count). The van der Waals surface area contributed by atoms with Crippen LogP contribution in [0.2, 0.25) is 0 Å². The Hall–Kier alpha value is -2.50. The molecule has 0 bridgehead atoms. The van der Waals surface area contributed by atoms with E-state index >= 15 is 0 Å². The number of phenolic OH excluding ortho intramolecular Hbond substituents is 1. The van der Waals surface area contributed by atoms with Gasteiger partial charge in [-0.05, 0) is 25.0 Å². The lowest BCUT2D eigenvalue weighted by Gasteiger charge is -2.32. The molecule has 22 heavy (non-hydrogen) atoms. The van der Waals surface area contributed by atoms with Crippen molar-refractivity contribution >= 4 is 12.0 Å². The number of alkyl carbamates (subject to hydrolysis) is 1. The maximum absolute atomic E-state index is 12.3. The predicted octanol–water partition coefficient (Wildman–Crippen LogP) is 1.91. The molecule has 1 aromatic carbocycles. The number of benzene rings is 1. The van der Waals surface area contributed by atoms with E-state index in [0.29, 0.717) is 31.5 Å². The quantitative estimate of drug-likeness (QED) is 0.833. The zero-order chi connectivity index (χ0) is 15.9. The molecule has 0 saturated carbocycles. The second-order valence-electron chi connectivity index (χ2n) is 5.12. The molecule has 1 heterocycles. The summed E-state index contributed by atoms with van der Waals surface area (Å²) in [5.41, 5.74) is 0.305. The van der Waals surface area contributed by atoms with Crippen LogP contribution in [0.3, 0.4) is 0 Å². The van der Waals surface area contributed by atoms with Gasteiger partial charge >= 0.3 is 6.09 Å². The zero-order valence-corrected chi connectivity index (χ0v) is 12.3. The highest BCUT2D eigenvalue weighted by Gasteiger charge is 2.25. The van der Waals surface area contributed by atoms with Gasteiger partial charge in [0.1, 0.15) is 12.4 Å². The number of hydrogen-bond donors (Lipinski definition) is 2. The molecule has 1 aromatic rings. The fourth-order valence-corrected chi connectivity index (χ4v) is 2.39. The summed E-state index contributed by atoms with van der Waals surface area (Å²) >= 11 is 0. The third kappa shape index (κ3) is 4.00. The summed E-state index contributed by atoms with van der Waals surface area (Å²) in [5, 5.41) is 12.5. The Kier molecular flexibility index (Phi) is 5.41. The smallest absolute Gasteiger partial charge is 0.407 e. The van der Waals surface area contributed by atoms with Gasteiger partial charge in [-0.25, -0.2) is 4.79 Å². The van der Waals surface area contributed by atoms with E-state index in [1.165, 1.54) is 12.1 Å². The summed E-state index contributed by atoms with van der Waals surface area (Å²) in [4.78, 5) is 25.5. The van der Waals surface area contributed by atoms with Crippen molar-refractivity contribution in [3.63, 3.8) is 0 Å². The van der Waals surface area contributed by atoms with Crippen LogP contribution in [0.4, 0.5) is 4.79 Å². The lowest BCUT2D eigenvalue weighted by molar-refractivity contribution is 0.0700. The highest BCUT2D eigenvalue weighted by atomic mass is 16.5. The first-order chi connectivity index (χ1) is 10.6.